The third-order valence-corrected chi connectivity index (χ3v) is 4.12. The van der Waals surface area contributed by atoms with E-state index >= 15 is 0 Å². The fraction of sp³-hybridized carbons (Fsp3) is 0.353. The quantitative estimate of drug-likeness (QED) is 0.911. The van der Waals surface area contributed by atoms with Gasteiger partial charge in [0.1, 0.15) is 0 Å². The van der Waals surface area contributed by atoms with E-state index in [0.29, 0.717) is 6.04 Å². The van der Waals surface area contributed by atoms with E-state index in [4.69, 9.17) is 0 Å². The second-order valence-electron chi connectivity index (χ2n) is 5.61. The van der Waals surface area contributed by atoms with E-state index in [9.17, 15) is 4.79 Å². The van der Waals surface area contributed by atoms with Crippen molar-refractivity contribution < 1.29 is 4.79 Å². The van der Waals surface area contributed by atoms with Crippen molar-refractivity contribution in [1.82, 2.24) is 9.88 Å². The van der Waals surface area contributed by atoms with Crippen LogP contribution in [0.1, 0.15) is 34.5 Å². The molecule has 104 valence electrons. The summed E-state index contributed by atoms with van der Waals surface area (Å²) in [4.78, 5) is 12.4. The molecule has 1 aromatic carbocycles. The summed E-state index contributed by atoms with van der Waals surface area (Å²) in [7, 11) is 2.03. The summed E-state index contributed by atoms with van der Waals surface area (Å²) in [6.07, 6.45) is 2.23. The topological polar surface area (TPSA) is 34.0 Å². The van der Waals surface area contributed by atoms with Crippen LogP contribution in [-0.4, -0.2) is 16.5 Å². The van der Waals surface area contributed by atoms with Gasteiger partial charge in [0.15, 0.2) is 0 Å². The van der Waals surface area contributed by atoms with Gasteiger partial charge in [-0.1, -0.05) is 30.3 Å². The van der Waals surface area contributed by atoms with Gasteiger partial charge in [0.2, 0.25) is 0 Å². The molecule has 1 aliphatic rings. The Morgan fingerprint density at radius 2 is 1.85 bits per heavy atom. The van der Waals surface area contributed by atoms with Crippen molar-refractivity contribution in [3.8, 4) is 11.3 Å². The number of carbonyl (C=O) groups excluding carboxylic acids is 1. The van der Waals surface area contributed by atoms with Crippen molar-refractivity contribution >= 4 is 5.91 Å². The van der Waals surface area contributed by atoms with Crippen LogP contribution in [0.2, 0.25) is 0 Å². The largest absolute Gasteiger partial charge is 0.349 e. The van der Waals surface area contributed by atoms with Gasteiger partial charge in [-0.15, -0.1) is 0 Å². The number of nitrogens with zero attached hydrogens (tertiary/aromatic N) is 1. The number of rotatable bonds is 3. The number of carbonyl (C=O) groups is 1. The molecule has 0 spiro atoms. The highest BCUT2D eigenvalue weighted by atomic mass is 16.1. The first kappa shape index (κ1) is 13.0. The van der Waals surface area contributed by atoms with Gasteiger partial charge in [-0.3, -0.25) is 4.79 Å². The standard InChI is InChI=1S/C17H20N2O/c1-11-15(17(20)18-14-9-10-14)12(2)19(3)16(11)13-7-5-4-6-8-13/h4-8,14H,9-10H2,1-3H3,(H,18,20). The average molecular weight is 268 g/mol. The number of benzene rings is 1. The Hall–Kier alpha value is -2.03. The maximum Gasteiger partial charge on any atom is 0.253 e. The Morgan fingerprint density at radius 1 is 1.20 bits per heavy atom. The number of hydrogen-bond acceptors (Lipinski definition) is 1. The normalized spacial score (nSPS) is 14.3. The molecular formula is C17H20N2O. The lowest BCUT2D eigenvalue weighted by Crippen LogP contribution is -2.26. The smallest absolute Gasteiger partial charge is 0.253 e. The first-order valence-electron chi connectivity index (χ1n) is 7.11. The molecule has 0 unspecified atom stereocenters. The van der Waals surface area contributed by atoms with Crippen LogP contribution >= 0.6 is 0 Å². The van der Waals surface area contributed by atoms with E-state index in [1.165, 1.54) is 0 Å². The lowest BCUT2D eigenvalue weighted by molar-refractivity contribution is 0.0950. The van der Waals surface area contributed by atoms with E-state index in [1.807, 2.05) is 39.1 Å². The van der Waals surface area contributed by atoms with Crippen molar-refractivity contribution in [2.45, 2.75) is 32.7 Å². The third-order valence-electron chi connectivity index (χ3n) is 4.12. The van der Waals surface area contributed by atoms with Gasteiger partial charge < -0.3 is 9.88 Å². The van der Waals surface area contributed by atoms with E-state index in [0.717, 1.165) is 40.9 Å². The molecule has 2 aromatic rings. The fourth-order valence-electron chi connectivity index (χ4n) is 2.80. The second kappa shape index (κ2) is 4.82. The summed E-state index contributed by atoms with van der Waals surface area (Å²) in [5.41, 5.74) is 5.21. The molecule has 3 nitrogen and oxygen atoms in total. The van der Waals surface area contributed by atoms with Gasteiger partial charge in [-0.05, 0) is 37.8 Å². The maximum absolute atomic E-state index is 12.4. The first-order chi connectivity index (χ1) is 9.59. The van der Waals surface area contributed by atoms with Crippen LogP contribution in [0.3, 0.4) is 0 Å². The van der Waals surface area contributed by atoms with Gasteiger partial charge in [-0.25, -0.2) is 0 Å². The van der Waals surface area contributed by atoms with Crippen LogP contribution in [0.15, 0.2) is 30.3 Å². The zero-order valence-electron chi connectivity index (χ0n) is 12.2. The molecule has 0 saturated heterocycles. The number of nitrogens with one attached hydrogen (secondary N) is 1. The van der Waals surface area contributed by atoms with Crippen molar-refractivity contribution in [3.63, 3.8) is 0 Å². The Morgan fingerprint density at radius 3 is 2.45 bits per heavy atom. The summed E-state index contributed by atoms with van der Waals surface area (Å²) in [6.45, 7) is 4.05. The minimum atomic E-state index is 0.0697. The number of aromatic nitrogens is 1. The van der Waals surface area contributed by atoms with Gasteiger partial charge in [0.05, 0.1) is 11.3 Å². The van der Waals surface area contributed by atoms with Crippen LogP contribution in [0.5, 0.6) is 0 Å². The SMILES string of the molecule is Cc1c(C(=O)NC2CC2)c(C)n(C)c1-c1ccccc1. The van der Waals surface area contributed by atoms with E-state index < -0.39 is 0 Å². The highest BCUT2D eigenvalue weighted by Crippen LogP contribution is 2.30. The summed E-state index contributed by atoms with van der Waals surface area (Å²) < 4.78 is 2.12. The molecule has 1 amide bonds. The van der Waals surface area contributed by atoms with Gasteiger partial charge in [0, 0.05) is 18.8 Å². The average Bonchev–Trinajstić information content (AvgIpc) is 3.20. The summed E-state index contributed by atoms with van der Waals surface area (Å²) in [5.74, 6) is 0.0697. The lowest BCUT2D eigenvalue weighted by Gasteiger charge is -2.06. The summed E-state index contributed by atoms with van der Waals surface area (Å²) in [5, 5.41) is 3.09. The van der Waals surface area contributed by atoms with Crippen molar-refractivity contribution in [3.05, 3.63) is 47.2 Å². The second-order valence-corrected chi connectivity index (χ2v) is 5.61. The molecule has 1 aromatic heterocycles. The van der Waals surface area contributed by atoms with Crippen LogP contribution in [0.4, 0.5) is 0 Å². The molecule has 3 rings (SSSR count). The molecule has 1 saturated carbocycles. The summed E-state index contributed by atoms with van der Waals surface area (Å²) in [6, 6.07) is 10.6. The van der Waals surface area contributed by atoms with Crippen molar-refractivity contribution in [2.75, 3.05) is 0 Å². The molecule has 1 heterocycles. The molecular weight excluding hydrogens is 248 g/mol. The molecule has 20 heavy (non-hydrogen) atoms. The summed E-state index contributed by atoms with van der Waals surface area (Å²) >= 11 is 0. The Bertz CT molecular complexity index is 651. The van der Waals surface area contributed by atoms with Crippen LogP contribution in [-0.2, 0) is 7.05 Å². The fourth-order valence-corrected chi connectivity index (χ4v) is 2.80. The van der Waals surface area contributed by atoms with Gasteiger partial charge in [0.25, 0.3) is 5.91 Å². The molecule has 0 radical (unpaired) electrons. The zero-order chi connectivity index (χ0) is 14.3. The zero-order valence-corrected chi connectivity index (χ0v) is 12.2. The van der Waals surface area contributed by atoms with E-state index in [1.54, 1.807) is 0 Å². The molecule has 1 N–H and O–H groups in total. The van der Waals surface area contributed by atoms with Gasteiger partial charge in [-0.2, -0.15) is 0 Å². The van der Waals surface area contributed by atoms with Crippen molar-refractivity contribution in [2.24, 2.45) is 7.05 Å². The lowest BCUT2D eigenvalue weighted by atomic mass is 10.0. The van der Waals surface area contributed by atoms with Crippen LogP contribution in [0.25, 0.3) is 11.3 Å². The Labute approximate surface area is 119 Å². The van der Waals surface area contributed by atoms with Gasteiger partial charge >= 0.3 is 0 Å². The number of amides is 1. The Balaban J connectivity index is 2.06. The van der Waals surface area contributed by atoms with Crippen molar-refractivity contribution in [1.29, 1.82) is 0 Å². The highest BCUT2D eigenvalue weighted by molar-refractivity contribution is 5.99. The molecule has 0 bridgehead atoms. The predicted molar refractivity (Wildman–Crippen MR) is 80.8 cm³/mol. The maximum atomic E-state index is 12.4. The minimum absolute atomic E-state index is 0.0697. The Kier molecular flexibility index (Phi) is 3.13. The third kappa shape index (κ3) is 2.13. The molecule has 1 fully saturated rings. The molecule has 0 aliphatic heterocycles. The highest BCUT2D eigenvalue weighted by Gasteiger charge is 2.27. The van der Waals surface area contributed by atoms with E-state index in [-0.39, 0.29) is 5.91 Å². The van der Waals surface area contributed by atoms with Crippen LogP contribution < -0.4 is 5.32 Å². The van der Waals surface area contributed by atoms with E-state index in [2.05, 4.69) is 22.0 Å². The molecule has 0 atom stereocenters. The monoisotopic (exact) mass is 268 g/mol. The van der Waals surface area contributed by atoms with Crippen LogP contribution in [0, 0.1) is 13.8 Å². The molecule has 3 heteroatoms. The predicted octanol–water partition coefficient (Wildman–Crippen LogP) is 3.20. The number of hydrogen-bond donors (Lipinski definition) is 1. The minimum Gasteiger partial charge on any atom is -0.349 e. The molecule has 1 aliphatic carbocycles. The first-order valence-corrected chi connectivity index (χ1v) is 7.11.